The first kappa shape index (κ1) is 13.6. The number of amides is 1. The number of methoxy groups -OCH3 is 1. The summed E-state index contributed by atoms with van der Waals surface area (Å²) in [6.45, 7) is 0. The molecule has 0 aromatic heterocycles. The van der Waals surface area contributed by atoms with E-state index in [0.29, 0.717) is 16.9 Å². The van der Waals surface area contributed by atoms with Crippen molar-refractivity contribution in [1.82, 2.24) is 5.43 Å². The minimum absolute atomic E-state index is 0.106. The molecular formula is C15H14N2O3. The van der Waals surface area contributed by atoms with Gasteiger partial charge >= 0.3 is 0 Å². The molecule has 0 atom stereocenters. The lowest BCUT2D eigenvalue weighted by Crippen LogP contribution is -2.17. The number of carbonyl (C=O) groups is 1. The maximum Gasteiger partial charge on any atom is 0.271 e. The van der Waals surface area contributed by atoms with E-state index in [2.05, 4.69) is 10.5 Å². The first-order valence-electron chi connectivity index (χ1n) is 5.96. The average molecular weight is 270 g/mol. The van der Waals surface area contributed by atoms with Gasteiger partial charge in [0.2, 0.25) is 0 Å². The minimum Gasteiger partial charge on any atom is -0.507 e. The quantitative estimate of drug-likeness (QED) is 0.660. The van der Waals surface area contributed by atoms with Crippen molar-refractivity contribution in [2.75, 3.05) is 7.11 Å². The standard InChI is InChI=1S/C15H14N2O3/c1-20-13-8-6-11(7-9-13)15(19)17-16-10-12-4-2-3-5-14(12)18/h2-10,18H,1H3,(H,17,19)/b16-10+. The largest absolute Gasteiger partial charge is 0.507 e. The van der Waals surface area contributed by atoms with Crippen molar-refractivity contribution in [2.45, 2.75) is 0 Å². The van der Waals surface area contributed by atoms with Crippen LogP contribution in [0.5, 0.6) is 11.5 Å². The summed E-state index contributed by atoms with van der Waals surface area (Å²) < 4.78 is 5.01. The van der Waals surface area contributed by atoms with Crippen LogP contribution in [0, 0.1) is 0 Å². The zero-order valence-corrected chi connectivity index (χ0v) is 10.9. The fourth-order valence-corrected chi connectivity index (χ4v) is 1.56. The van der Waals surface area contributed by atoms with Crippen LogP contribution in [0.2, 0.25) is 0 Å². The van der Waals surface area contributed by atoms with Gasteiger partial charge in [-0.1, -0.05) is 12.1 Å². The second-order valence-electron chi connectivity index (χ2n) is 3.99. The van der Waals surface area contributed by atoms with Crippen LogP contribution in [-0.4, -0.2) is 24.3 Å². The van der Waals surface area contributed by atoms with Gasteiger partial charge in [0.05, 0.1) is 13.3 Å². The third-order valence-corrected chi connectivity index (χ3v) is 2.66. The lowest BCUT2D eigenvalue weighted by molar-refractivity contribution is 0.0955. The average Bonchev–Trinajstić information content (AvgIpc) is 2.49. The third-order valence-electron chi connectivity index (χ3n) is 2.66. The van der Waals surface area contributed by atoms with E-state index in [9.17, 15) is 9.90 Å². The summed E-state index contributed by atoms with van der Waals surface area (Å²) in [5.41, 5.74) is 3.39. The molecule has 0 saturated carbocycles. The number of aromatic hydroxyl groups is 1. The number of hydrogen-bond donors (Lipinski definition) is 2. The van der Waals surface area contributed by atoms with Crippen LogP contribution < -0.4 is 10.2 Å². The van der Waals surface area contributed by atoms with Gasteiger partial charge in [0, 0.05) is 11.1 Å². The summed E-state index contributed by atoms with van der Waals surface area (Å²) in [6.07, 6.45) is 1.39. The molecule has 2 N–H and O–H groups in total. The van der Waals surface area contributed by atoms with E-state index in [1.807, 2.05) is 0 Å². The topological polar surface area (TPSA) is 70.9 Å². The van der Waals surface area contributed by atoms with E-state index in [1.54, 1.807) is 55.6 Å². The summed E-state index contributed by atoms with van der Waals surface area (Å²) in [5, 5.41) is 13.3. The Bertz CT molecular complexity index is 621. The number of rotatable bonds is 4. The van der Waals surface area contributed by atoms with Gasteiger partial charge in [0.1, 0.15) is 11.5 Å². The van der Waals surface area contributed by atoms with E-state index in [4.69, 9.17) is 4.74 Å². The summed E-state index contributed by atoms with van der Waals surface area (Å²) in [4.78, 5) is 11.8. The molecule has 5 heteroatoms. The number of phenols is 1. The second kappa shape index (κ2) is 6.38. The highest BCUT2D eigenvalue weighted by Gasteiger charge is 2.04. The molecule has 0 saturated heterocycles. The van der Waals surface area contributed by atoms with Crippen LogP contribution in [-0.2, 0) is 0 Å². The third kappa shape index (κ3) is 3.35. The second-order valence-corrected chi connectivity index (χ2v) is 3.99. The Morgan fingerprint density at radius 2 is 1.90 bits per heavy atom. The Morgan fingerprint density at radius 1 is 1.20 bits per heavy atom. The highest BCUT2D eigenvalue weighted by Crippen LogP contribution is 2.13. The van der Waals surface area contributed by atoms with Crippen molar-refractivity contribution < 1.29 is 14.6 Å². The molecule has 5 nitrogen and oxygen atoms in total. The van der Waals surface area contributed by atoms with Gasteiger partial charge in [-0.15, -0.1) is 0 Å². The monoisotopic (exact) mass is 270 g/mol. The summed E-state index contributed by atoms with van der Waals surface area (Å²) in [6, 6.07) is 13.4. The highest BCUT2D eigenvalue weighted by molar-refractivity contribution is 5.95. The van der Waals surface area contributed by atoms with Crippen LogP contribution in [0.4, 0.5) is 0 Å². The molecule has 0 fully saturated rings. The molecular weight excluding hydrogens is 256 g/mol. The number of benzene rings is 2. The van der Waals surface area contributed by atoms with Crippen LogP contribution in [0.25, 0.3) is 0 Å². The SMILES string of the molecule is COc1ccc(C(=O)N/N=C/c2ccccc2O)cc1. The number of nitrogens with zero attached hydrogens (tertiary/aromatic N) is 1. The normalized spacial score (nSPS) is 10.4. The fourth-order valence-electron chi connectivity index (χ4n) is 1.56. The Labute approximate surface area is 116 Å². The number of nitrogens with one attached hydrogen (secondary N) is 1. The van der Waals surface area contributed by atoms with Gasteiger partial charge in [-0.25, -0.2) is 5.43 Å². The van der Waals surface area contributed by atoms with E-state index >= 15 is 0 Å². The molecule has 2 rings (SSSR count). The molecule has 0 bridgehead atoms. The first-order chi connectivity index (χ1) is 9.70. The lowest BCUT2D eigenvalue weighted by atomic mass is 10.2. The van der Waals surface area contributed by atoms with E-state index in [-0.39, 0.29) is 11.7 Å². The zero-order valence-electron chi connectivity index (χ0n) is 10.9. The first-order valence-corrected chi connectivity index (χ1v) is 5.96. The summed E-state index contributed by atoms with van der Waals surface area (Å²) in [5.74, 6) is 0.452. The van der Waals surface area contributed by atoms with Gasteiger partial charge in [0.25, 0.3) is 5.91 Å². The van der Waals surface area contributed by atoms with Crippen LogP contribution in [0.15, 0.2) is 53.6 Å². The smallest absolute Gasteiger partial charge is 0.271 e. The number of para-hydroxylation sites is 1. The van der Waals surface area contributed by atoms with Gasteiger partial charge in [0.15, 0.2) is 0 Å². The zero-order chi connectivity index (χ0) is 14.4. The molecule has 2 aromatic rings. The predicted molar refractivity (Wildman–Crippen MR) is 76.2 cm³/mol. The highest BCUT2D eigenvalue weighted by atomic mass is 16.5. The molecule has 0 unspecified atom stereocenters. The molecule has 0 heterocycles. The molecule has 2 aromatic carbocycles. The molecule has 0 aliphatic carbocycles. The van der Waals surface area contributed by atoms with E-state index < -0.39 is 0 Å². The van der Waals surface area contributed by atoms with Crippen molar-refractivity contribution in [3.63, 3.8) is 0 Å². The van der Waals surface area contributed by atoms with Crippen molar-refractivity contribution >= 4 is 12.1 Å². The Morgan fingerprint density at radius 3 is 2.55 bits per heavy atom. The van der Waals surface area contributed by atoms with Gasteiger partial charge < -0.3 is 9.84 Å². The Balaban J connectivity index is 1.99. The van der Waals surface area contributed by atoms with E-state index in [0.717, 1.165) is 0 Å². The van der Waals surface area contributed by atoms with Crippen molar-refractivity contribution in [1.29, 1.82) is 0 Å². The molecule has 1 amide bonds. The molecule has 0 aliphatic rings. The maximum absolute atomic E-state index is 11.8. The van der Waals surface area contributed by atoms with E-state index in [1.165, 1.54) is 6.21 Å². The van der Waals surface area contributed by atoms with Crippen LogP contribution >= 0.6 is 0 Å². The van der Waals surface area contributed by atoms with Gasteiger partial charge in [-0.3, -0.25) is 4.79 Å². The molecule has 0 radical (unpaired) electrons. The fraction of sp³-hybridized carbons (Fsp3) is 0.0667. The molecule has 20 heavy (non-hydrogen) atoms. The number of ether oxygens (including phenoxy) is 1. The van der Waals surface area contributed by atoms with Gasteiger partial charge in [-0.2, -0.15) is 5.10 Å². The number of phenolic OH excluding ortho intramolecular Hbond substituents is 1. The Kier molecular flexibility index (Phi) is 4.34. The predicted octanol–water partition coefficient (Wildman–Crippen LogP) is 2.16. The summed E-state index contributed by atoms with van der Waals surface area (Å²) >= 11 is 0. The van der Waals surface area contributed by atoms with Crippen molar-refractivity contribution in [3.8, 4) is 11.5 Å². The van der Waals surface area contributed by atoms with Crippen LogP contribution in [0.1, 0.15) is 15.9 Å². The molecule has 0 spiro atoms. The summed E-state index contributed by atoms with van der Waals surface area (Å²) in [7, 11) is 1.56. The van der Waals surface area contributed by atoms with Crippen molar-refractivity contribution in [3.05, 3.63) is 59.7 Å². The van der Waals surface area contributed by atoms with Crippen molar-refractivity contribution in [2.24, 2.45) is 5.10 Å². The molecule has 102 valence electrons. The number of carbonyl (C=O) groups excluding carboxylic acids is 1. The van der Waals surface area contributed by atoms with Crippen LogP contribution in [0.3, 0.4) is 0 Å². The number of hydrazone groups is 1. The molecule has 0 aliphatic heterocycles. The maximum atomic E-state index is 11.8. The van der Waals surface area contributed by atoms with Gasteiger partial charge in [-0.05, 0) is 36.4 Å². The minimum atomic E-state index is -0.334. The Hall–Kier alpha value is -2.82. The number of hydrogen-bond acceptors (Lipinski definition) is 4. The lowest BCUT2D eigenvalue weighted by Gasteiger charge is -2.02.